The molecule has 4 aromatic heterocycles. The third-order valence-corrected chi connectivity index (χ3v) is 25.8. The van der Waals surface area contributed by atoms with Crippen LogP contribution in [-0.2, 0) is 54.1 Å². The Bertz CT molecular complexity index is 2160. The summed E-state index contributed by atoms with van der Waals surface area (Å²) in [5, 5.41) is 3.71. The normalized spacial score (nSPS) is 14.6. The molecule has 0 aromatic carbocycles. The highest BCUT2D eigenvalue weighted by Crippen LogP contribution is 2.39. The van der Waals surface area contributed by atoms with Crippen molar-refractivity contribution in [2.75, 3.05) is 6.61 Å². The smallest absolute Gasteiger partial charge is 0.261 e. The average Bonchev–Trinajstić information content (AvgIpc) is 3.89. The number of nitrogens with one attached hydrogen (secondary N) is 1. The SMILES string of the molecule is CC(C)(C)[Si](C)(C)OCCCn1cc(C2=C(c3cn(CO[Si](C)(C)C(C)(C)C)cn3)C(=O)NC2=O)c2cccnc21.CC(C)(C)[Si](C)(C)OCn1cnc(CC(N)=O)c1. The van der Waals surface area contributed by atoms with Crippen molar-refractivity contribution < 1.29 is 27.7 Å². The highest BCUT2D eigenvalue weighted by Gasteiger charge is 2.40. The number of fused-ring (bicyclic) bond motifs is 1. The molecule has 0 fully saturated rings. The van der Waals surface area contributed by atoms with Crippen LogP contribution in [0.25, 0.3) is 22.2 Å². The average molecular weight is 865 g/mol. The zero-order chi connectivity index (χ0) is 44.4. The van der Waals surface area contributed by atoms with Crippen molar-refractivity contribution in [3.63, 3.8) is 0 Å². The topological polar surface area (TPSA) is 170 Å². The van der Waals surface area contributed by atoms with E-state index in [9.17, 15) is 14.4 Å². The van der Waals surface area contributed by atoms with E-state index in [1.807, 2.05) is 32.0 Å². The number of carbonyl (C=O) groups is 3. The molecular weight excluding hydrogens is 797 g/mol. The van der Waals surface area contributed by atoms with E-state index >= 15 is 0 Å². The van der Waals surface area contributed by atoms with Gasteiger partial charge in [0.25, 0.3) is 11.8 Å². The molecule has 0 saturated carbocycles. The number of rotatable bonds is 15. The lowest BCUT2D eigenvalue weighted by Gasteiger charge is -2.36. The van der Waals surface area contributed by atoms with Crippen molar-refractivity contribution in [2.45, 2.75) is 150 Å². The standard InChI is InChI=1S/C30H45N5O4Si2.C12H23N3O2Si/c1-29(2,3)40(7,8)38-16-12-15-35-17-22(21-13-11-14-31-26(21)35)24-25(28(37)33-27(24)36)23-18-34(19-32-23)20-39-41(9,10)30(4,5)6;1-12(2,3)18(4,5)17-9-15-7-10(14-8-15)6-11(13)16/h11,13-14,17-19H,12,15-16,20H2,1-10H3,(H,33,36,37);7-8H,6,9H2,1-5H3,(H2,13,16). The number of amides is 3. The predicted molar refractivity (Wildman–Crippen MR) is 241 cm³/mol. The molecule has 0 atom stereocenters. The maximum atomic E-state index is 13.2. The Morgan fingerprint density at radius 2 is 1.25 bits per heavy atom. The van der Waals surface area contributed by atoms with Crippen LogP contribution in [0.15, 0.2) is 49.6 Å². The summed E-state index contributed by atoms with van der Waals surface area (Å²) in [6, 6.07) is 3.78. The predicted octanol–water partition coefficient (Wildman–Crippen LogP) is 8.08. The maximum absolute atomic E-state index is 13.2. The first kappa shape index (κ1) is 47.7. The number of aromatic nitrogens is 6. The van der Waals surface area contributed by atoms with E-state index in [-0.39, 0.29) is 33.0 Å². The van der Waals surface area contributed by atoms with Crippen LogP contribution < -0.4 is 11.1 Å². The molecule has 5 heterocycles. The molecule has 1 aliphatic rings. The molecule has 14 nitrogen and oxygen atoms in total. The van der Waals surface area contributed by atoms with E-state index in [1.165, 1.54) is 0 Å². The minimum Gasteiger partial charge on any atom is -0.417 e. The highest BCUT2D eigenvalue weighted by atomic mass is 28.4. The number of imide groups is 1. The molecule has 0 spiro atoms. The first-order valence-electron chi connectivity index (χ1n) is 20.3. The number of pyridine rings is 1. The van der Waals surface area contributed by atoms with E-state index in [1.54, 1.807) is 31.2 Å². The first-order valence-corrected chi connectivity index (χ1v) is 29.0. The van der Waals surface area contributed by atoms with Crippen LogP contribution in [0, 0.1) is 0 Å². The van der Waals surface area contributed by atoms with Gasteiger partial charge in [0.05, 0.1) is 41.6 Å². The number of imidazole rings is 2. The van der Waals surface area contributed by atoms with Crippen LogP contribution in [0.2, 0.25) is 54.4 Å². The summed E-state index contributed by atoms with van der Waals surface area (Å²) in [4.78, 5) is 50.2. The van der Waals surface area contributed by atoms with Gasteiger partial charge in [-0.3, -0.25) is 19.7 Å². The van der Waals surface area contributed by atoms with Gasteiger partial charge in [0.1, 0.15) is 19.1 Å². The van der Waals surface area contributed by atoms with E-state index in [0.29, 0.717) is 49.1 Å². The molecular formula is C42H68N8O6Si3. The van der Waals surface area contributed by atoms with E-state index in [4.69, 9.17) is 19.0 Å². The Morgan fingerprint density at radius 1 is 0.729 bits per heavy atom. The van der Waals surface area contributed by atoms with Gasteiger partial charge in [-0.25, -0.2) is 15.0 Å². The molecule has 17 heteroatoms. The number of carbonyl (C=O) groups excluding carboxylic acids is 3. The number of primary amides is 1. The van der Waals surface area contributed by atoms with Crippen LogP contribution >= 0.6 is 0 Å². The third-order valence-electron chi connectivity index (χ3n) is 12.3. The lowest BCUT2D eigenvalue weighted by Crippen LogP contribution is -2.41. The Labute approximate surface area is 353 Å². The van der Waals surface area contributed by atoms with Gasteiger partial charge in [0.2, 0.25) is 5.91 Å². The van der Waals surface area contributed by atoms with Gasteiger partial charge in [-0.1, -0.05) is 62.3 Å². The van der Waals surface area contributed by atoms with Crippen LogP contribution in [-0.4, -0.2) is 77.9 Å². The van der Waals surface area contributed by atoms with Crippen LogP contribution in [0.4, 0.5) is 0 Å². The zero-order valence-electron chi connectivity index (χ0n) is 38.1. The zero-order valence-corrected chi connectivity index (χ0v) is 41.1. The van der Waals surface area contributed by atoms with Gasteiger partial charge < -0.3 is 32.7 Å². The largest absolute Gasteiger partial charge is 0.417 e. The second-order valence-electron chi connectivity index (χ2n) is 20.0. The number of aryl methyl sites for hydroxylation is 1. The summed E-state index contributed by atoms with van der Waals surface area (Å²) < 4.78 is 24.5. The molecule has 59 heavy (non-hydrogen) atoms. The fourth-order valence-electron chi connectivity index (χ4n) is 5.44. The van der Waals surface area contributed by atoms with Gasteiger partial charge in [-0.15, -0.1) is 0 Å². The Hall–Kier alpha value is -4.01. The fraction of sp³-hybridized carbons (Fsp3) is 0.571. The summed E-state index contributed by atoms with van der Waals surface area (Å²) in [5.74, 6) is -1.25. The van der Waals surface area contributed by atoms with Gasteiger partial charge in [0, 0.05) is 48.9 Å². The maximum Gasteiger partial charge on any atom is 0.261 e. The minimum atomic E-state index is -1.97. The molecule has 0 radical (unpaired) electrons. The lowest BCUT2D eigenvalue weighted by molar-refractivity contribution is -0.123. The summed E-state index contributed by atoms with van der Waals surface area (Å²) in [7, 11) is -5.56. The van der Waals surface area contributed by atoms with Gasteiger partial charge in [-0.05, 0) is 73.0 Å². The van der Waals surface area contributed by atoms with Crippen LogP contribution in [0.1, 0.15) is 85.7 Å². The van der Waals surface area contributed by atoms with E-state index in [2.05, 4.69) is 122 Å². The molecule has 0 unspecified atom stereocenters. The van der Waals surface area contributed by atoms with E-state index < -0.39 is 36.8 Å². The second-order valence-corrected chi connectivity index (χ2v) is 34.4. The van der Waals surface area contributed by atoms with Crippen molar-refractivity contribution in [2.24, 2.45) is 5.73 Å². The molecule has 5 rings (SSSR count). The highest BCUT2D eigenvalue weighted by molar-refractivity contribution is 6.74. The third kappa shape index (κ3) is 11.6. The minimum absolute atomic E-state index is 0.0724. The van der Waals surface area contributed by atoms with Crippen molar-refractivity contribution in [1.82, 2.24) is 34.0 Å². The van der Waals surface area contributed by atoms with Crippen molar-refractivity contribution in [3.05, 3.63) is 66.5 Å². The van der Waals surface area contributed by atoms with Crippen molar-refractivity contribution in [3.8, 4) is 0 Å². The number of nitrogens with zero attached hydrogens (tertiary/aromatic N) is 6. The Balaban J connectivity index is 0.000000358. The van der Waals surface area contributed by atoms with Crippen LogP contribution in [0.3, 0.4) is 0 Å². The summed E-state index contributed by atoms with van der Waals surface area (Å²) in [6.07, 6.45) is 11.5. The van der Waals surface area contributed by atoms with Gasteiger partial charge >= 0.3 is 0 Å². The van der Waals surface area contributed by atoms with Gasteiger partial charge in [-0.2, -0.15) is 0 Å². The molecule has 3 amide bonds. The molecule has 1 aliphatic heterocycles. The second kappa shape index (κ2) is 17.9. The number of hydrogen-bond acceptors (Lipinski definition) is 9. The quantitative estimate of drug-likeness (QED) is 0.0682. The summed E-state index contributed by atoms with van der Waals surface area (Å²) in [6.45, 7) is 35.3. The van der Waals surface area contributed by atoms with Crippen LogP contribution in [0.5, 0.6) is 0 Å². The summed E-state index contributed by atoms with van der Waals surface area (Å²) >= 11 is 0. The fourth-order valence-corrected chi connectivity index (χ4v) is 8.34. The molecule has 3 N–H and O–H groups in total. The monoisotopic (exact) mass is 864 g/mol. The van der Waals surface area contributed by atoms with Crippen molar-refractivity contribution >= 4 is 64.9 Å². The summed E-state index contributed by atoms with van der Waals surface area (Å²) in [5.41, 5.74) is 8.27. The van der Waals surface area contributed by atoms with E-state index in [0.717, 1.165) is 17.5 Å². The number of hydrogen-bond donors (Lipinski definition) is 2. The molecule has 4 aromatic rings. The molecule has 0 aliphatic carbocycles. The molecule has 0 saturated heterocycles. The molecule has 0 bridgehead atoms. The first-order chi connectivity index (χ1) is 27.0. The van der Waals surface area contributed by atoms with Gasteiger partial charge in [0.15, 0.2) is 25.0 Å². The Morgan fingerprint density at radius 3 is 1.81 bits per heavy atom. The lowest BCUT2D eigenvalue weighted by atomic mass is 10.00. The number of nitrogens with two attached hydrogens (primary N) is 1. The molecule has 324 valence electrons. The van der Waals surface area contributed by atoms with Crippen molar-refractivity contribution in [1.29, 1.82) is 0 Å². The Kier molecular flexibility index (Phi) is 14.5.